The van der Waals surface area contributed by atoms with Crippen molar-refractivity contribution in [3.05, 3.63) is 92.4 Å². The predicted molar refractivity (Wildman–Crippen MR) is 144 cm³/mol. The summed E-state index contributed by atoms with van der Waals surface area (Å²) >= 11 is 6.53. The first kappa shape index (κ1) is 28.7. The minimum absolute atomic E-state index is 0.175. The smallest absolute Gasteiger partial charge is 0.342 e. The highest BCUT2D eigenvalue weighted by atomic mass is 79.9. The SMILES string of the molecule is O=C(CCC(=O)OCC(=O)c1ccc(Br)cc1)Nc1ccc(C(=O)OCC(=O)c2ccc(Br)cc2)c(O)c1. The van der Waals surface area contributed by atoms with Crippen molar-refractivity contribution in [1.29, 1.82) is 0 Å². The Morgan fingerprint density at radius 3 is 1.76 bits per heavy atom. The second-order valence-electron chi connectivity index (χ2n) is 7.88. The van der Waals surface area contributed by atoms with Crippen LogP contribution in [0.25, 0.3) is 0 Å². The maximum Gasteiger partial charge on any atom is 0.342 e. The van der Waals surface area contributed by atoms with Crippen molar-refractivity contribution in [3.63, 3.8) is 0 Å². The van der Waals surface area contributed by atoms with Crippen molar-refractivity contribution < 1.29 is 38.6 Å². The number of rotatable bonds is 11. The Labute approximate surface area is 234 Å². The number of carbonyl (C=O) groups excluding carboxylic acids is 5. The van der Waals surface area contributed by atoms with Crippen molar-refractivity contribution in [2.45, 2.75) is 12.8 Å². The molecule has 0 aromatic heterocycles. The molecule has 0 fully saturated rings. The van der Waals surface area contributed by atoms with Gasteiger partial charge in [-0.05, 0) is 36.4 Å². The topological polar surface area (TPSA) is 136 Å². The van der Waals surface area contributed by atoms with E-state index >= 15 is 0 Å². The quantitative estimate of drug-likeness (QED) is 0.217. The van der Waals surface area contributed by atoms with E-state index in [0.717, 1.165) is 15.0 Å². The minimum atomic E-state index is -0.911. The standard InChI is InChI=1S/C27H21Br2NO8/c28-18-5-1-16(2-6-18)23(32)14-37-26(35)12-11-25(34)30-20-9-10-21(22(31)13-20)27(36)38-15-24(33)17-3-7-19(29)8-4-17/h1-10,13,31H,11-12,14-15H2,(H,30,34). The second kappa shape index (κ2) is 13.6. The molecule has 1 amide bonds. The second-order valence-corrected chi connectivity index (χ2v) is 9.71. The van der Waals surface area contributed by atoms with E-state index in [0.29, 0.717) is 11.1 Å². The summed E-state index contributed by atoms with van der Waals surface area (Å²) in [7, 11) is 0. The number of Topliss-reactive ketones (excluding diaryl/α,β-unsaturated/α-hetero) is 2. The lowest BCUT2D eigenvalue weighted by Crippen LogP contribution is -2.17. The molecule has 9 nitrogen and oxygen atoms in total. The number of aromatic hydroxyl groups is 1. The van der Waals surface area contributed by atoms with E-state index in [1.165, 1.54) is 12.1 Å². The minimum Gasteiger partial charge on any atom is -0.507 e. The van der Waals surface area contributed by atoms with Gasteiger partial charge in [-0.15, -0.1) is 0 Å². The first-order valence-electron chi connectivity index (χ1n) is 11.2. The number of benzene rings is 3. The highest BCUT2D eigenvalue weighted by Crippen LogP contribution is 2.23. The number of amides is 1. The number of ketones is 2. The van der Waals surface area contributed by atoms with Crippen molar-refractivity contribution in [2.24, 2.45) is 0 Å². The molecule has 3 rings (SSSR count). The van der Waals surface area contributed by atoms with E-state index in [4.69, 9.17) is 9.47 Å². The van der Waals surface area contributed by atoms with Crippen molar-refractivity contribution in [2.75, 3.05) is 18.5 Å². The Bertz CT molecular complexity index is 1350. The number of hydrogen-bond donors (Lipinski definition) is 2. The molecule has 0 spiro atoms. The van der Waals surface area contributed by atoms with Crippen LogP contribution in [-0.4, -0.2) is 47.7 Å². The molecule has 0 aliphatic rings. The average Bonchev–Trinajstić information content (AvgIpc) is 2.90. The molecule has 0 unspecified atom stereocenters. The largest absolute Gasteiger partial charge is 0.507 e. The van der Waals surface area contributed by atoms with Crippen molar-refractivity contribution in [3.8, 4) is 5.75 Å². The molecule has 0 aliphatic heterocycles. The number of halogens is 2. The average molecular weight is 647 g/mol. The van der Waals surface area contributed by atoms with Crippen LogP contribution >= 0.6 is 31.9 Å². The first-order chi connectivity index (χ1) is 18.1. The van der Waals surface area contributed by atoms with Crippen LogP contribution in [0.2, 0.25) is 0 Å². The fraction of sp³-hybridized carbons (Fsp3) is 0.148. The third kappa shape index (κ3) is 8.63. The summed E-state index contributed by atoms with van der Waals surface area (Å²) in [6.07, 6.45) is -0.490. The molecule has 0 saturated carbocycles. The molecule has 0 saturated heterocycles. The number of phenols is 1. The Hall–Kier alpha value is -3.83. The zero-order valence-corrected chi connectivity index (χ0v) is 22.9. The van der Waals surface area contributed by atoms with Crippen LogP contribution in [0.5, 0.6) is 5.75 Å². The number of anilines is 1. The molecular weight excluding hydrogens is 626 g/mol. The summed E-state index contributed by atoms with van der Waals surface area (Å²) < 4.78 is 11.5. The van der Waals surface area contributed by atoms with Crippen LogP contribution in [0.3, 0.4) is 0 Å². The molecule has 3 aromatic rings. The Morgan fingerprint density at radius 1 is 0.711 bits per heavy atom. The summed E-state index contributed by atoms with van der Waals surface area (Å²) in [5, 5.41) is 12.7. The van der Waals surface area contributed by atoms with Crippen LogP contribution < -0.4 is 5.32 Å². The van der Waals surface area contributed by atoms with Gasteiger partial charge in [0.1, 0.15) is 11.3 Å². The van der Waals surface area contributed by atoms with E-state index in [-0.39, 0.29) is 29.9 Å². The van der Waals surface area contributed by atoms with E-state index < -0.39 is 42.6 Å². The predicted octanol–water partition coefficient (Wildman–Crippen LogP) is 5.10. The fourth-order valence-corrected chi connectivity index (χ4v) is 3.62. The molecule has 38 heavy (non-hydrogen) atoms. The molecule has 0 heterocycles. The zero-order chi connectivity index (χ0) is 27.7. The third-order valence-corrected chi connectivity index (χ3v) is 6.15. The van der Waals surface area contributed by atoms with Crippen molar-refractivity contribution in [1.82, 2.24) is 0 Å². The van der Waals surface area contributed by atoms with Crippen LogP contribution in [0, 0.1) is 0 Å². The van der Waals surface area contributed by atoms with Gasteiger partial charge in [0.2, 0.25) is 5.91 Å². The zero-order valence-electron chi connectivity index (χ0n) is 19.7. The van der Waals surface area contributed by atoms with Gasteiger partial charge in [0, 0.05) is 38.2 Å². The van der Waals surface area contributed by atoms with Gasteiger partial charge in [0.05, 0.1) is 6.42 Å². The van der Waals surface area contributed by atoms with Crippen molar-refractivity contribution >= 4 is 67.0 Å². The lowest BCUT2D eigenvalue weighted by atomic mass is 10.1. The van der Waals surface area contributed by atoms with E-state index in [1.807, 2.05) is 0 Å². The van der Waals surface area contributed by atoms with Gasteiger partial charge in [-0.3, -0.25) is 19.2 Å². The third-order valence-electron chi connectivity index (χ3n) is 5.09. The summed E-state index contributed by atoms with van der Waals surface area (Å²) in [5.74, 6) is -3.42. The highest BCUT2D eigenvalue weighted by Gasteiger charge is 2.17. The monoisotopic (exact) mass is 645 g/mol. The van der Waals surface area contributed by atoms with Gasteiger partial charge in [0.25, 0.3) is 0 Å². The van der Waals surface area contributed by atoms with Crippen LogP contribution in [0.15, 0.2) is 75.7 Å². The number of hydrogen-bond acceptors (Lipinski definition) is 8. The number of esters is 2. The molecule has 0 radical (unpaired) electrons. The normalized spacial score (nSPS) is 10.4. The lowest BCUT2D eigenvalue weighted by molar-refractivity contribution is -0.143. The Balaban J connectivity index is 1.43. The molecule has 11 heteroatoms. The summed E-state index contributed by atoms with van der Waals surface area (Å²) in [6.45, 7) is -0.953. The maximum absolute atomic E-state index is 12.3. The summed E-state index contributed by atoms with van der Waals surface area (Å²) in [5.41, 5.74) is 0.741. The van der Waals surface area contributed by atoms with Crippen LogP contribution in [-0.2, 0) is 19.1 Å². The van der Waals surface area contributed by atoms with Crippen LogP contribution in [0.4, 0.5) is 5.69 Å². The van der Waals surface area contributed by atoms with Gasteiger partial charge in [-0.1, -0.05) is 56.1 Å². The number of ether oxygens (including phenoxy) is 2. The van der Waals surface area contributed by atoms with E-state index in [2.05, 4.69) is 37.2 Å². The molecular formula is C27H21Br2NO8. The molecule has 0 aliphatic carbocycles. The number of phenolic OH excluding ortho intramolecular Hbond substituents is 1. The molecule has 0 atom stereocenters. The van der Waals surface area contributed by atoms with Gasteiger partial charge < -0.3 is 19.9 Å². The van der Waals surface area contributed by atoms with Gasteiger partial charge >= 0.3 is 11.9 Å². The van der Waals surface area contributed by atoms with Gasteiger partial charge in [-0.2, -0.15) is 0 Å². The maximum atomic E-state index is 12.3. The summed E-state index contributed by atoms with van der Waals surface area (Å²) in [4.78, 5) is 60.6. The first-order valence-corrected chi connectivity index (χ1v) is 12.7. The molecule has 196 valence electrons. The molecule has 3 aromatic carbocycles. The lowest BCUT2D eigenvalue weighted by Gasteiger charge is -2.09. The number of carbonyl (C=O) groups is 5. The molecule has 0 bridgehead atoms. The summed E-state index contributed by atoms with van der Waals surface area (Å²) in [6, 6.07) is 16.8. The van der Waals surface area contributed by atoms with Crippen LogP contribution in [0.1, 0.15) is 43.9 Å². The molecule has 2 N–H and O–H groups in total. The fourth-order valence-electron chi connectivity index (χ4n) is 3.09. The Morgan fingerprint density at radius 2 is 1.24 bits per heavy atom. The van der Waals surface area contributed by atoms with Gasteiger partial charge in [-0.25, -0.2) is 4.79 Å². The van der Waals surface area contributed by atoms with E-state index in [9.17, 15) is 29.1 Å². The van der Waals surface area contributed by atoms with Gasteiger partial charge in [0.15, 0.2) is 24.8 Å². The number of nitrogens with one attached hydrogen (secondary N) is 1. The highest BCUT2D eigenvalue weighted by molar-refractivity contribution is 9.10. The Kier molecular flexibility index (Phi) is 10.3. The van der Waals surface area contributed by atoms with E-state index in [1.54, 1.807) is 48.5 Å².